The lowest BCUT2D eigenvalue weighted by Gasteiger charge is -2.12. The predicted molar refractivity (Wildman–Crippen MR) is 82.8 cm³/mol. The summed E-state index contributed by atoms with van der Waals surface area (Å²) in [6.07, 6.45) is 1.37. The Balaban J connectivity index is 1.87. The van der Waals surface area contributed by atoms with Gasteiger partial charge in [0, 0.05) is 17.7 Å². The number of pyridine rings is 1. The number of nitrogens with zero attached hydrogens (tertiary/aromatic N) is 1. The van der Waals surface area contributed by atoms with Gasteiger partial charge in [0.25, 0.3) is 16.8 Å². The van der Waals surface area contributed by atoms with E-state index in [1.807, 2.05) is 0 Å². The Morgan fingerprint density at radius 1 is 1.09 bits per heavy atom. The van der Waals surface area contributed by atoms with Crippen LogP contribution in [-0.2, 0) is 4.79 Å². The molecule has 2 amide bonds. The number of thioether (sulfide) groups is 1. The van der Waals surface area contributed by atoms with Crippen LogP contribution in [0.25, 0.3) is 0 Å². The van der Waals surface area contributed by atoms with Gasteiger partial charge in [-0.05, 0) is 36.9 Å². The van der Waals surface area contributed by atoms with Crippen molar-refractivity contribution in [2.75, 3.05) is 0 Å². The lowest BCUT2D eigenvalue weighted by Crippen LogP contribution is -2.45. The molecule has 0 saturated heterocycles. The Bertz CT molecular complexity index is 664. The standard InChI is InChI=1S/C15H15N3O3S/c1-11(22-13-9-5-6-10-18(13)21)14(19)16-17-15(20)12-7-3-2-4-8-12/h2-11H,1H3,(H,16,19)(H,17,20)/t11-/m0/s1. The number of nitrogens with one attached hydrogen (secondary N) is 2. The van der Waals surface area contributed by atoms with Crippen LogP contribution in [0.5, 0.6) is 0 Å². The highest BCUT2D eigenvalue weighted by atomic mass is 32.2. The summed E-state index contributed by atoms with van der Waals surface area (Å²) in [7, 11) is 0. The third kappa shape index (κ3) is 4.23. The van der Waals surface area contributed by atoms with Gasteiger partial charge >= 0.3 is 0 Å². The zero-order chi connectivity index (χ0) is 15.9. The molecule has 0 saturated carbocycles. The zero-order valence-corrected chi connectivity index (χ0v) is 12.7. The van der Waals surface area contributed by atoms with E-state index in [0.717, 1.165) is 11.8 Å². The molecule has 0 unspecified atom stereocenters. The fourth-order valence-electron chi connectivity index (χ4n) is 1.62. The molecule has 0 spiro atoms. The van der Waals surface area contributed by atoms with Crippen molar-refractivity contribution in [1.29, 1.82) is 0 Å². The van der Waals surface area contributed by atoms with Crippen LogP contribution in [0.2, 0.25) is 0 Å². The topological polar surface area (TPSA) is 85.1 Å². The monoisotopic (exact) mass is 317 g/mol. The first-order valence-electron chi connectivity index (χ1n) is 6.58. The average Bonchev–Trinajstić information content (AvgIpc) is 2.55. The smallest absolute Gasteiger partial charge is 0.269 e. The fourth-order valence-corrected chi connectivity index (χ4v) is 2.47. The van der Waals surface area contributed by atoms with Gasteiger partial charge in [-0.25, -0.2) is 0 Å². The number of benzene rings is 1. The van der Waals surface area contributed by atoms with Crippen LogP contribution >= 0.6 is 11.8 Å². The van der Waals surface area contributed by atoms with Gasteiger partial charge in [0.1, 0.15) is 0 Å². The second-order valence-corrected chi connectivity index (χ2v) is 5.80. The molecule has 22 heavy (non-hydrogen) atoms. The highest BCUT2D eigenvalue weighted by Gasteiger charge is 2.19. The van der Waals surface area contributed by atoms with E-state index in [0.29, 0.717) is 15.3 Å². The molecular weight excluding hydrogens is 302 g/mol. The second kappa shape index (κ2) is 7.46. The summed E-state index contributed by atoms with van der Waals surface area (Å²) in [6.45, 7) is 1.65. The van der Waals surface area contributed by atoms with Gasteiger partial charge in [-0.2, -0.15) is 4.73 Å². The van der Waals surface area contributed by atoms with Crippen LogP contribution in [0.4, 0.5) is 0 Å². The number of hydrazine groups is 1. The van der Waals surface area contributed by atoms with Crippen molar-refractivity contribution in [2.24, 2.45) is 0 Å². The van der Waals surface area contributed by atoms with Crippen LogP contribution in [0.1, 0.15) is 17.3 Å². The maximum absolute atomic E-state index is 11.9. The summed E-state index contributed by atoms with van der Waals surface area (Å²) in [5.74, 6) is -0.789. The molecule has 1 atom stereocenters. The van der Waals surface area contributed by atoms with E-state index >= 15 is 0 Å². The number of amides is 2. The number of hydrogen-bond acceptors (Lipinski definition) is 4. The van der Waals surface area contributed by atoms with Crippen LogP contribution in [0.15, 0.2) is 59.8 Å². The molecule has 0 aliphatic heterocycles. The van der Waals surface area contributed by atoms with Gasteiger partial charge in [0.2, 0.25) is 0 Å². The molecule has 1 heterocycles. The molecule has 1 aromatic carbocycles. The summed E-state index contributed by atoms with van der Waals surface area (Å²) < 4.78 is 0.691. The molecule has 0 aliphatic rings. The average molecular weight is 317 g/mol. The van der Waals surface area contributed by atoms with Gasteiger partial charge < -0.3 is 5.21 Å². The van der Waals surface area contributed by atoms with Crippen molar-refractivity contribution >= 4 is 23.6 Å². The molecule has 0 fully saturated rings. The predicted octanol–water partition coefficient (Wildman–Crippen LogP) is 1.26. The molecule has 2 rings (SSSR count). The van der Waals surface area contributed by atoms with Crippen LogP contribution in [0, 0.1) is 5.21 Å². The quantitative estimate of drug-likeness (QED) is 0.385. The molecule has 6 nitrogen and oxygen atoms in total. The van der Waals surface area contributed by atoms with Crippen molar-refractivity contribution in [3.8, 4) is 0 Å². The summed E-state index contributed by atoms with van der Waals surface area (Å²) in [5, 5.41) is 11.4. The highest BCUT2D eigenvalue weighted by molar-refractivity contribution is 8.00. The van der Waals surface area contributed by atoms with Crippen LogP contribution in [0.3, 0.4) is 0 Å². The minimum absolute atomic E-state index is 0.391. The lowest BCUT2D eigenvalue weighted by atomic mass is 10.2. The van der Waals surface area contributed by atoms with E-state index < -0.39 is 17.1 Å². The molecule has 1 aromatic heterocycles. The first kappa shape index (κ1) is 15.8. The summed E-state index contributed by atoms with van der Waals surface area (Å²) >= 11 is 1.11. The molecule has 0 bridgehead atoms. The highest BCUT2D eigenvalue weighted by Crippen LogP contribution is 2.19. The van der Waals surface area contributed by atoms with E-state index in [1.54, 1.807) is 55.5 Å². The van der Waals surface area contributed by atoms with Gasteiger partial charge in [-0.3, -0.25) is 20.4 Å². The summed E-state index contributed by atoms with van der Waals surface area (Å²) in [5.41, 5.74) is 5.14. The zero-order valence-electron chi connectivity index (χ0n) is 11.9. The molecule has 2 aromatic rings. The number of carbonyl (C=O) groups is 2. The number of rotatable bonds is 4. The molecular formula is C15H15N3O3S. The molecule has 2 N–H and O–H groups in total. The summed E-state index contributed by atoms with van der Waals surface area (Å²) in [6, 6.07) is 13.5. The van der Waals surface area contributed by atoms with Gasteiger partial charge in [0.05, 0.1) is 5.25 Å². The van der Waals surface area contributed by atoms with Crippen molar-refractivity contribution in [1.82, 2.24) is 10.9 Å². The molecule has 0 radical (unpaired) electrons. The van der Waals surface area contributed by atoms with Crippen molar-refractivity contribution < 1.29 is 14.3 Å². The molecule has 0 aliphatic carbocycles. The SMILES string of the molecule is C[C@H](Sc1cccc[n+]1[O-])C(=O)NNC(=O)c1ccccc1. The van der Waals surface area contributed by atoms with Crippen LogP contribution in [-0.4, -0.2) is 17.1 Å². The number of carbonyl (C=O) groups excluding carboxylic acids is 2. The van der Waals surface area contributed by atoms with Crippen molar-refractivity contribution in [3.63, 3.8) is 0 Å². The Kier molecular flexibility index (Phi) is 5.37. The van der Waals surface area contributed by atoms with Gasteiger partial charge in [0.15, 0.2) is 6.20 Å². The Labute approximate surface area is 132 Å². The largest absolute Gasteiger partial charge is 0.618 e. The second-order valence-electron chi connectivity index (χ2n) is 4.43. The van der Waals surface area contributed by atoms with E-state index in [4.69, 9.17) is 0 Å². The van der Waals surface area contributed by atoms with Crippen molar-refractivity contribution in [3.05, 3.63) is 65.5 Å². The third-order valence-corrected chi connectivity index (χ3v) is 3.92. The Morgan fingerprint density at radius 2 is 1.77 bits per heavy atom. The van der Waals surface area contributed by atoms with Gasteiger partial charge in [-0.1, -0.05) is 18.2 Å². The van der Waals surface area contributed by atoms with E-state index in [9.17, 15) is 14.8 Å². The van der Waals surface area contributed by atoms with Gasteiger partial charge in [-0.15, -0.1) is 0 Å². The Hall–Kier alpha value is -2.54. The summed E-state index contributed by atoms with van der Waals surface area (Å²) in [4.78, 5) is 23.7. The number of hydrogen-bond donors (Lipinski definition) is 2. The maximum atomic E-state index is 11.9. The van der Waals surface area contributed by atoms with E-state index in [-0.39, 0.29) is 0 Å². The third-order valence-electron chi connectivity index (χ3n) is 2.79. The first-order valence-corrected chi connectivity index (χ1v) is 7.46. The lowest BCUT2D eigenvalue weighted by molar-refractivity contribution is -0.645. The van der Waals surface area contributed by atoms with E-state index in [2.05, 4.69) is 10.9 Å². The van der Waals surface area contributed by atoms with Crippen molar-refractivity contribution in [2.45, 2.75) is 17.2 Å². The maximum Gasteiger partial charge on any atom is 0.269 e. The number of aromatic nitrogens is 1. The minimum Gasteiger partial charge on any atom is -0.618 e. The molecule has 114 valence electrons. The normalized spacial score (nSPS) is 11.5. The molecule has 7 heteroatoms. The fraction of sp³-hybridized carbons (Fsp3) is 0.133. The minimum atomic E-state index is -0.529. The van der Waals surface area contributed by atoms with E-state index in [1.165, 1.54) is 6.20 Å². The first-order chi connectivity index (χ1) is 10.6. The Morgan fingerprint density at radius 3 is 2.45 bits per heavy atom. The van der Waals surface area contributed by atoms with Crippen LogP contribution < -0.4 is 15.6 Å².